The van der Waals surface area contributed by atoms with Crippen LogP contribution in [0.25, 0.3) is 0 Å². The minimum atomic E-state index is 0.683. The molecule has 0 aliphatic heterocycles. The Balaban J connectivity index is 3.15. The maximum Gasteiger partial charge on any atom is 0.122 e. The first-order valence-corrected chi connectivity index (χ1v) is 6.43. The lowest BCUT2D eigenvalue weighted by molar-refractivity contribution is 0.409. The number of rotatable bonds is 5. The van der Waals surface area contributed by atoms with E-state index < -0.39 is 0 Å². The highest BCUT2D eigenvalue weighted by molar-refractivity contribution is 7.98. The van der Waals surface area contributed by atoms with Gasteiger partial charge in [-0.2, -0.15) is 0 Å². The zero-order chi connectivity index (χ0) is 11.3. The molecule has 0 atom stereocenters. The highest BCUT2D eigenvalue weighted by Gasteiger charge is 2.08. The van der Waals surface area contributed by atoms with Crippen LogP contribution in [0.3, 0.4) is 0 Å². The first-order valence-electron chi connectivity index (χ1n) is 5.20. The van der Waals surface area contributed by atoms with Crippen LogP contribution >= 0.6 is 11.8 Å². The zero-order valence-electron chi connectivity index (χ0n) is 9.67. The summed E-state index contributed by atoms with van der Waals surface area (Å²) in [6, 6.07) is 4.34. The van der Waals surface area contributed by atoms with E-state index in [9.17, 15) is 0 Å². The molecule has 2 N–H and O–H groups in total. The maximum absolute atomic E-state index is 5.60. The van der Waals surface area contributed by atoms with Gasteiger partial charge in [0.1, 0.15) is 5.75 Å². The second kappa shape index (κ2) is 6.03. The second-order valence-electron chi connectivity index (χ2n) is 3.37. The molecule has 0 aliphatic carbocycles. The average Bonchev–Trinajstić information content (AvgIpc) is 2.28. The molecule has 0 radical (unpaired) electrons. The normalized spacial score (nSPS) is 10.4. The molecular weight excluding hydrogens is 206 g/mol. The Morgan fingerprint density at radius 1 is 1.33 bits per heavy atom. The number of hydrogen-bond donors (Lipinski definition) is 1. The highest BCUT2D eigenvalue weighted by atomic mass is 32.2. The molecule has 0 spiro atoms. The zero-order valence-corrected chi connectivity index (χ0v) is 10.5. The molecule has 0 aliphatic rings. The van der Waals surface area contributed by atoms with Gasteiger partial charge in [0.25, 0.3) is 0 Å². The standard InChI is InChI=1S/C12H19NOS/c1-4-9-8-12(15-3)10(5-6-13)7-11(9)14-2/h7-8H,4-6,13H2,1-3H3. The molecule has 0 bridgehead atoms. The van der Waals surface area contributed by atoms with Crippen molar-refractivity contribution in [2.24, 2.45) is 5.73 Å². The molecule has 0 fully saturated rings. The SMILES string of the molecule is CCc1cc(SC)c(CCN)cc1OC. The summed E-state index contributed by atoms with van der Waals surface area (Å²) in [7, 11) is 1.72. The van der Waals surface area contributed by atoms with E-state index in [1.165, 1.54) is 16.0 Å². The fraction of sp³-hybridized carbons (Fsp3) is 0.500. The topological polar surface area (TPSA) is 35.2 Å². The summed E-state index contributed by atoms with van der Waals surface area (Å²) >= 11 is 1.77. The molecule has 2 nitrogen and oxygen atoms in total. The first kappa shape index (κ1) is 12.4. The van der Waals surface area contributed by atoms with Gasteiger partial charge in [0.15, 0.2) is 0 Å². The number of ether oxygens (including phenoxy) is 1. The largest absolute Gasteiger partial charge is 0.496 e. The molecule has 1 aromatic rings. The van der Waals surface area contributed by atoms with E-state index in [0.29, 0.717) is 6.54 Å². The number of aryl methyl sites for hydroxylation is 1. The van der Waals surface area contributed by atoms with Crippen molar-refractivity contribution in [3.05, 3.63) is 23.3 Å². The van der Waals surface area contributed by atoms with Crippen molar-refractivity contribution in [2.45, 2.75) is 24.7 Å². The fourth-order valence-corrected chi connectivity index (χ4v) is 2.33. The molecule has 84 valence electrons. The van der Waals surface area contributed by atoms with E-state index in [1.54, 1.807) is 18.9 Å². The van der Waals surface area contributed by atoms with Crippen molar-refractivity contribution in [1.82, 2.24) is 0 Å². The van der Waals surface area contributed by atoms with Crippen molar-refractivity contribution < 1.29 is 4.74 Å². The third-order valence-electron chi connectivity index (χ3n) is 2.48. The maximum atomic E-state index is 5.60. The van der Waals surface area contributed by atoms with E-state index in [4.69, 9.17) is 10.5 Å². The Hall–Kier alpha value is -0.670. The Morgan fingerprint density at radius 2 is 2.07 bits per heavy atom. The number of methoxy groups -OCH3 is 1. The second-order valence-corrected chi connectivity index (χ2v) is 4.22. The molecule has 15 heavy (non-hydrogen) atoms. The van der Waals surface area contributed by atoms with Gasteiger partial charge in [0.05, 0.1) is 7.11 Å². The summed E-state index contributed by atoms with van der Waals surface area (Å²) in [5, 5.41) is 0. The lowest BCUT2D eigenvalue weighted by Crippen LogP contribution is -2.05. The molecular formula is C12H19NOS. The molecule has 1 rings (SSSR count). The summed E-state index contributed by atoms with van der Waals surface area (Å²) in [5.74, 6) is 0.985. The third-order valence-corrected chi connectivity index (χ3v) is 3.30. The number of benzene rings is 1. The fourth-order valence-electron chi connectivity index (χ4n) is 1.65. The van der Waals surface area contributed by atoms with Crippen LogP contribution < -0.4 is 10.5 Å². The van der Waals surface area contributed by atoms with Crippen molar-refractivity contribution in [3.8, 4) is 5.75 Å². The molecule has 3 heteroatoms. The van der Waals surface area contributed by atoms with E-state index in [2.05, 4.69) is 25.3 Å². The van der Waals surface area contributed by atoms with Crippen LogP contribution in [-0.2, 0) is 12.8 Å². The quantitative estimate of drug-likeness (QED) is 0.782. The van der Waals surface area contributed by atoms with Crippen molar-refractivity contribution >= 4 is 11.8 Å². The molecule has 0 aromatic heterocycles. The summed E-state index contributed by atoms with van der Waals surface area (Å²) in [6.07, 6.45) is 4.01. The van der Waals surface area contributed by atoms with Gasteiger partial charge in [-0.05, 0) is 48.9 Å². The van der Waals surface area contributed by atoms with E-state index in [-0.39, 0.29) is 0 Å². The van der Waals surface area contributed by atoms with Gasteiger partial charge in [-0.25, -0.2) is 0 Å². The van der Waals surface area contributed by atoms with E-state index >= 15 is 0 Å². The predicted molar refractivity (Wildman–Crippen MR) is 66.9 cm³/mol. The highest BCUT2D eigenvalue weighted by Crippen LogP contribution is 2.29. The Morgan fingerprint density at radius 3 is 2.53 bits per heavy atom. The molecule has 0 saturated carbocycles. The summed E-state index contributed by atoms with van der Waals surface area (Å²) in [4.78, 5) is 1.32. The van der Waals surface area contributed by atoms with Gasteiger partial charge in [0, 0.05) is 4.90 Å². The van der Waals surface area contributed by atoms with Crippen LogP contribution in [0.5, 0.6) is 5.75 Å². The smallest absolute Gasteiger partial charge is 0.122 e. The lowest BCUT2D eigenvalue weighted by Gasteiger charge is -2.13. The summed E-state index contributed by atoms with van der Waals surface area (Å²) < 4.78 is 5.37. The van der Waals surface area contributed by atoms with Crippen molar-refractivity contribution in [2.75, 3.05) is 19.9 Å². The number of thioether (sulfide) groups is 1. The van der Waals surface area contributed by atoms with Crippen molar-refractivity contribution in [1.29, 1.82) is 0 Å². The third kappa shape index (κ3) is 2.89. The minimum Gasteiger partial charge on any atom is -0.496 e. The monoisotopic (exact) mass is 225 g/mol. The molecule has 0 heterocycles. The number of nitrogens with two attached hydrogens (primary N) is 1. The van der Waals surface area contributed by atoms with E-state index in [1.807, 2.05) is 0 Å². The van der Waals surface area contributed by atoms with Crippen LogP contribution in [0.15, 0.2) is 17.0 Å². The number of hydrogen-bond acceptors (Lipinski definition) is 3. The summed E-state index contributed by atoms with van der Waals surface area (Å²) in [5.41, 5.74) is 8.15. The first-order chi connectivity index (χ1) is 7.26. The van der Waals surface area contributed by atoms with Gasteiger partial charge < -0.3 is 10.5 Å². The van der Waals surface area contributed by atoms with Crippen molar-refractivity contribution in [3.63, 3.8) is 0 Å². The van der Waals surface area contributed by atoms with Gasteiger partial charge in [-0.1, -0.05) is 6.92 Å². The lowest BCUT2D eigenvalue weighted by atomic mass is 10.1. The predicted octanol–water partition coefficient (Wildman–Crippen LogP) is 2.48. The van der Waals surface area contributed by atoms with E-state index in [0.717, 1.165) is 18.6 Å². The van der Waals surface area contributed by atoms with Crippen LogP contribution in [0.2, 0.25) is 0 Å². The average molecular weight is 225 g/mol. The molecule has 0 unspecified atom stereocenters. The minimum absolute atomic E-state index is 0.683. The Labute approximate surface area is 96.2 Å². The van der Waals surface area contributed by atoms with Crippen LogP contribution in [0, 0.1) is 0 Å². The van der Waals surface area contributed by atoms with Crippen LogP contribution in [-0.4, -0.2) is 19.9 Å². The van der Waals surface area contributed by atoms with Gasteiger partial charge in [-0.3, -0.25) is 0 Å². The molecule has 0 amide bonds. The molecule has 0 saturated heterocycles. The van der Waals surface area contributed by atoms with Crippen LogP contribution in [0.1, 0.15) is 18.1 Å². The summed E-state index contributed by atoms with van der Waals surface area (Å²) in [6.45, 7) is 2.83. The van der Waals surface area contributed by atoms with Gasteiger partial charge >= 0.3 is 0 Å². The van der Waals surface area contributed by atoms with Crippen LogP contribution in [0.4, 0.5) is 0 Å². The van der Waals surface area contributed by atoms with Gasteiger partial charge in [-0.15, -0.1) is 11.8 Å². The van der Waals surface area contributed by atoms with Gasteiger partial charge in [0.2, 0.25) is 0 Å². The molecule has 1 aromatic carbocycles. The Kier molecular flexibility index (Phi) is 4.99. The Bertz CT molecular complexity index is 326.